The van der Waals surface area contributed by atoms with Gasteiger partial charge in [-0.05, 0) is 49.1 Å². The average molecular weight is 459 g/mol. The van der Waals surface area contributed by atoms with E-state index in [1.54, 1.807) is 36.4 Å². The lowest BCUT2D eigenvalue weighted by molar-refractivity contribution is -0.142. The molecule has 0 bridgehead atoms. The number of hydrogen-bond acceptors (Lipinski definition) is 5. The van der Waals surface area contributed by atoms with Gasteiger partial charge in [-0.1, -0.05) is 35.9 Å². The van der Waals surface area contributed by atoms with Crippen LogP contribution >= 0.6 is 11.6 Å². The van der Waals surface area contributed by atoms with E-state index in [0.717, 1.165) is 18.4 Å². The molecule has 0 atom stereocenters. The molecule has 0 spiro atoms. The number of halogens is 1. The Morgan fingerprint density at radius 1 is 0.844 bits per heavy atom. The summed E-state index contributed by atoms with van der Waals surface area (Å²) in [4.78, 5) is 46.9. The highest BCUT2D eigenvalue weighted by atomic mass is 35.5. The van der Waals surface area contributed by atoms with Crippen LogP contribution in [0.5, 0.6) is 0 Å². The van der Waals surface area contributed by atoms with Crippen molar-refractivity contribution in [1.29, 1.82) is 0 Å². The first-order chi connectivity index (χ1) is 15.3. The van der Waals surface area contributed by atoms with Gasteiger partial charge in [-0.15, -0.1) is 0 Å². The zero-order valence-corrected chi connectivity index (χ0v) is 18.7. The predicted octanol–water partition coefficient (Wildman–Crippen LogP) is 3.34. The van der Waals surface area contributed by atoms with Gasteiger partial charge in [0.05, 0.1) is 0 Å². The largest absolute Gasteiger partial charge is 0.457 e. The van der Waals surface area contributed by atoms with Crippen molar-refractivity contribution in [2.75, 3.05) is 19.7 Å². The SMILES string of the molecule is CC(=O)NCCCc1ccc(C(=O)COC(=O)CCCNC(=O)c2ccc(Cl)cc2)cc1. The van der Waals surface area contributed by atoms with Crippen LogP contribution < -0.4 is 10.6 Å². The zero-order chi connectivity index (χ0) is 23.3. The van der Waals surface area contributed by atoms with Crippen molar-refractivity contribution < 1.29 is 23.9 Å². The molecule has 7 nitrogen and oxygen atoms in total. The Morgan fingerprint density at radius 3 is 2.12 bits per heavy atom. The Bertz CT molecular complexity index is 926. The van der Waals surface area contributed by atoms with Gasteiger partial charge in [0.15, 0.2) is 12.4 Å². The Hall–Kier alpha value is -3.19. The van der Waals surface area contributed by atoms with Gasteiger partial charge in [-0.25, -0.2) is 0 Å². The quantitative estimate of drug-likeness (QED) is 0.288. The third kappa shape index (κ3) is 9.31. The van der Waals surface area contributed by atoms with Crippen LogP contribution in [0.1, 0.15) is 52.5 Å². The van der Waals surface area contributed by atoms with E-state index < -0.39 is 5.97 Å². The van der Waals surface area contributed by atoms with Crippen molar-refractivity contribution in [3.05, 3.63) is 70.2 Å². The van der Waals surface area contributed by atoms with Crippen molar-refractivity contribution in [3.8, 4) is 0 Å². The molecule has 0 aliphatic heterocycles. The summed E-state index contributed by atoms with van der Waals surface area (Å²) in [6.45, 7) is 2.08. The van der Waals surface area contributed by atoms with Gasteiger partial charge in [0.1, 0.15) is 0 Å². The van der Waals surface area contributed by atoms with Crippen molar-refractivity contribution in [3.63, 3.8) is 0 Å². The molecule has 2 aromatic rings. The maximum absolute atomic E-state index is 12.2. The van der Waals surface area contributed by atoms with Crippen LogP contribution in [-0.4, -0.2) is 43.3 Å². The molecule has 2 aromatic carbocycles. The molecule has 32 heavy (non-hydrogen) atoms. The van der Waals surface area contributed by atoms with Crippen molar-refractivity contribution in [2.45, 2.75) is 32.6 Å². The summed E-state index contributed by atoms with van der Waals surface area (Å²) in [6, 6.07) is 13.6. The predicted molar refractivity (Wildman–Crippen MR) is 122 cm³/mol. The molecule has 0 fully saturated rings. The molecule has 0 saturated heterocycles. The molecule has 0 aromatic heterocycles. The first-order valence-electron chi connectivity index (χ1n) is 10.4. The number of amides is 2. The van der Waals surface area contributed by atoms with Gasteiger partial charge in [-0.2, -0.15) is 0 Å². The number of ether oxygens (including phenoxy) is 1. The summed E-state index contributed by atoms with van der Waals surface area (Å²) in [7, 11) is 0. The number of aryl methyl sites for hydroxylation is 1. The summed E-state index contributed by atoms with van der Waals surface area (Å²) in [6.07, 6.45) is 2.10. The number of nitrogens with one attached hydrogen (secondary N) is 2. The van der Waals surface area contributed by atoms with E-state index >= 15 is 0 Å². The fourth-order valence-corrected chi connectivity index (χ4v) is 2.98. The highest BCUT2D eigenvalue weighted by Crippen LogP contribution is 2.10. The number of ketones is 1. The van der Waals surface area contributed by atoms with Gasteiger partial charge < -0.3 is 15.4 Å². The smallest absolute Gasteiger partial charge is 0.306 e. The molecule has 0 aliphatic rings. The van der Waals surface area contributed by atoms with Crippen molar-refractivity contribution in [1.82, 2.24) is 10.6 Å². The van der Waals surface area contributed by atoms with E-state index in [1.807, 2.05) is 12.1 Å². The summed E-state index contributed by atoms with van der Waals surface area (Å²) in [5.74, 6) is -1.07. The first-order valence-corrected chi connectivity index (χ1v) is 10.8. The van der Waals surface area contributed by atoms with Crippen molar-refractivity contribution >= 4 is 35.2 Å². The number of hydrogen-bond donors (Lipinski definition) is 2. The second kappa shape index (κ2) is 13.3. The minimum absolute atomic E-state index is 0.0526. The van der Waals surface area contributed by atoms with E-state index in [4.69, 9.17) is 16.3 Å². The van der Waals surface area contributed by atoms with E-state index in [2.05, 4.69) is 10.6 Å². The number of carbonyl (C=O) groups is 4. The van der Waals surface area contributed by atoms with Gasteiger partial charge in [0.25, 0.3) is 5.91 Å². The zero-order valence-electron chi connectivity index (χ0n) is 18.0. The van der Waals surface area contributed by atoms with E-state index in [9.17, 15) is 19.2 Å². The summed E-state index contributed by atoms with van der Waals surface area (Å²) < 4.78 is 5.04. The van der Waals surface area contributed by atoms with Crippen LogP contribution in [0.15, 0.2) is 48.5 Å². The highest BCUT2D eigenvalue weighted by Gasteiger charge is 2.11. The van der Waals surface area contributed by atoms with Gasteiger partial charge in [-0.3, -0.25) is 19.2 Å². The lowest BCUT2D eigenvalue weighted by Crippen LogP contribution is -2.25. The van der Waals surface area contributed by atoms with Gasteiger partial charge >= 0.3 is 5.97 Å². The van der Waals surface area contributed by atoms with Crippen LogP contribution in [0.2, 0.25) is 5.02 Å². The second-order valence-electron chi connectivity index (χ2n) is 7.23. The minimum Gasteiger partial charge on any atom is -0.457 e. The standard InChI is InChI=1S/C24H27ClN2O5/c1-17(28)26-14-2-4-18-6-8-19(9-7-18)22(29)16-32-23(30)5-3-15-27-24(31)20-10-12-21(25)13-11-20/h6-13H,2-5,14-16H2,1H3,(H,26,28)(H,27,31). The maximum atomic E-state index is 12.2. The minimum atomic E-state index is -0.492. The molecule has 0 heterocycles. The fraction of sp³-hybridized carbons (Fsp3) is 0.333. The highest BCUT2D eigenvalue weighted by molar-refractivity contribution is 6.30. The molecule has 2 rings (SSSR count). The van der Waals surface area contributed by atoms with Crippen LogP contribution in [0.4, 0.5) is 0 Å². The average Bonchev–Trinajstić information content (AvgIpc) is 2.78. The summed E-state index contributed by atoms with van der Waals surface area (Å²) in [5.41, 5.74) is 2.02. The van der Waals surface area contributed by atoms with Crippen LogP contribution in [-0.2, 0) is 20.7 Å². The molecule has 0 aliphatic carbocycles. The van der Waals surface area contributed by atoms with E-state index in [-0.39, 0.29) is 30.6 Å². The summed E-state index contributed by atoms with van der Waals surface area (Å²) in [5, 5.41) is 6.00. The molecule has 8 heteroatoms. The Kier molecular flexibility index (Phi) is 10.4. The lowest BCUT2D eigenvalue weighted by atomic mass is 10.1. The maximum Gasteiger partial charge on any atom is 0.306 e. The van der Waals surface area contributed by atoms with Crippen LogP contribution in [0.25, 0.3) is 0 Å². The Labute approximate surface area is 192 Å². The number of rotatable bonds is 12. The normalized spacial score (nSPS) is 10.3. The van der Waals surface area contributed by atoms with Gasteiger partial charge in [0, 0.05) is 42.6 Å². The molecule has 2 amide bonds. The fourth-order valence-electron chi connectivity index (χ4n) is 2.85. The molecule has 2 N–H and O–H groups in total. The van der Waals surface area contributed by atoms with Crippen molar-refractivity contribution in [2.24, 2.45) is 0 Å². The van der Waals surface area contributed by atoms with E-state index in [1.165, 1.54) is 6.92 Å². The topological polar surface area (TPSA) is 102 Å². The number of carbonyl (C=O) groups excluding carboxylic acids is 4. The molecule has 170 valence electrons. The number of benzene rings is 2. The van der Waals surface area contributed by atoms with Gasteiger partial charge in [0.2, 0.25) is 5.91 Å². The third-order valence-electron chi connectivity index (χ3n) is 4.61. The monoisotopic (exact) mass is 458 g/mol. The Balaban J connectivity index is 1.62. The third-order valence-corrected chi connectivity index (χ3v) is 4.86. The summed E-state index contributed by atoms with van der Waals surface area (Å²) >= 11 is 5.79. The van der Waals surface area contributed by atoms with Crippen LogP contribution in [0.3, 0.4) is 0 Å². The molecular weight excluding hydrogens is 432 g/mol. The number of Topliss-reactive ketones (excluding diaryl/α,β-unsaturated/α-hetero) is 1. The van der Waals surface area contributed by atoms with E-state index in [0.29, 0.717) is 35.7 Å². The Morgan fingerprint density at radius 2 is 1.47 bits per heavy atom. The van der Waals surface area contributed by atoms with Crippen LogP contribution in [0, 0.1) is 0 Å². The molecular formula is C24H27ClN2O5. The molecule has 0 unspecified atom stereocenters. The first kappa shape index (κ1) is 25.1. The lowest BCUT2D eigenvalue weighted by Gasteiger charge is -2.07. The molecule has 0 saturated carbocycles. The number of esters is 1. The molecule has 0 radical (unpaired) electrons. The second-order valence-corrected chi connectivity index (χ2v) is 7.67.